The zero-order valence-corrected chi connectivity index (χ0v) is 16.7. The van der Waals surface area contributed by atoms with Crippen LogP contribution in [0.2, 0.25) is 0 Å². The Labute approximate surface area is 172 Å². The minimum Gasteiger partial charge on any atom is -0.493 e. The number of carbonyl (C=O) groups is 1. The van der Waals surface area contributed by atoms with Crippen LogP contribution in [0, 0.1) is 0 Å². The third kappa shape index (κ3) is 3.72. The van der Waals surface area contributed by atoms with E-state index in [9.17, 15) is 4.79 Å². The average molecular weight is 404 g/mol. The lowest BCUT2D eigenvalue weighted by atomic mass is 10.2. The summed E-state index contributed by atoms with van der Waals surface area (Å²) in [6.07, 6.45) is 4.95. The number of rotatable bonds is 6. The molecule has 3 aromatic heterocycles. The third-order valence-electron chi connectivity index (χ3n) is 4.50. The fraction of sp³-hybridized carbons (Fsp3) is 0.143. The summed E-state index contributed by atoms with van der Waals surface area (Å²) < 4.78 is 13.4. The monoisotopic (exact) mass is 404 g/mol. The number of nitrogens with one attached hydrogen (secondary N) is 2. The van der Waals surface area contributed by atoms with Gasteiger partial charge in [-0.1, -0.05) is 0 Å². The number of benzene rings is 1. The normalized spacial score (nSPS) is 10.6. The predicted molar refractivity (Wildman–Crippen MR) is 112 cm³/mol. The van der Waals surface area contributed by atoms with Crippen LogP contribution in [0.1, 0.15) is 10.5 Å². The van der Waals surface area contributed by atoms with Crippen LogP contribution in [0.25, 0.3) is 11.0 Å². The number of fused-ring (bicyclic) bond motifs is 1. The van der Waals surface area contributed by atoms with Gasteiger partial charge in [-0.2, -0.15) is 0 Å². The Morgan fingerprint density at radius 1 is 1.13 bits per heavy atom. The molecule has 0 fully saturated rings. The lowest BCUT2D eigenvalue weighted by Gasteiger charge is -2.11. The number of nitrogens with zero attached hydrogens (tertiary/aromatic N) is 4. The van der Waals surface area contributed by atoms with Crippen LogP contribution in [0.15, 0.2) is 55.0 Å². The summed E-state index contributed by atoms with van der Waals surface area (Å²) in [5.74, 6) is 1.84. The number of hydrogen-bond donors (Lipinski definition) is 2. The van der Waals surface area contributed by atoms with Gasteiger partial charge < -0.3 is 24.7 Å². The highest BCUT2D eigenvalue weighted by Gasteiger charge is 2.15. The first kappa shape index (κ1) is 19.2. The van der Waals surface area contributed by atoms with Gasteiger partial charge in [0, 0.05) is 44.7 Å². The lowest BCUT2D eigenvalue weighted by molar-refractivity contribution is 0.0958. The standard InChI is InChI=1S/C21H20N6O3/c1-22-20(28)16-9-14(6-8-24-16)30-19-10-15-17(11-18(19)29-3)27(2)21(26-15)25-13-5-4-7-23-12-13/h4-12H,1-3H3,(H,22,28)(H,25,26). The van der Waals surface area contributed by atoms with Crippen LogP contribution in [0.3, 0.4) is 0 Å². The van der Waals surface area contributed by atoms with Crippen LogP contribution in [0.5, 0.6) is 17.2 Å². The minimum absolute atomic E-state index is 0.260. The second-order valence-electron chi connectivity index (χ2n) is 6.41. The van der Waals surface area contributed by atoms with Crippen LogP contribution in [0.4, 0.5) is 11.6 Å². The Morgan fingerprint density at radius 3 is 2.73 bits per heavy atom. The minimum atomic E-state index is -0.293. The molecule has 0 aliphatic heterocycles. The molecule has 0 radical (unpaired) electrons. The molecule has 4 rings (SSSR count). The second kappa shape index (κ2) is 8.08. The van der Waals surface area contributed by atoms with Gasteiger partial charge in [0.2, 0.25) is 5.95 Å². The molecule has 9 nitrogen and oxygen atoms in total. The number of amides is 1. The van der Waals surface area contributed by atoms with Gasteiger partial charge in [0.15, 0.2) is 11.5 Å². The van der Waals surface area contributed by atoms with Crippen molar-refractivity contribution in [1.29, 1.82) is 0 Å². The van der Waals surface area contributed by atoms with E-state index < -0.39 is 0 Å². The number of carbonyl (C=O) groups excluding carboxylic acids is 1. The molecule has 152 valence electrons. The van der Waals surface area contributed by atoms with Crippen LogP contribution in [-0.4, -0.2) is 39.6 Å². The van der Waals surface area contributed by atoms with E-state index >= 15 is 0 Å². The first-order chi connectivity index (χ1) is 14.6. The van der Waals surface area contributed by atoms with Crippen molar-refractivity contribution in [3.63, 3.8) is 0 Å². The summed E-state index contributed by atoms with van der Waals surface area (Å²) in [7, 11) is 5.03. The number of pyridine rings is 2. The first-order valence-corrected chi connectivity index (χ1v) is 9.16. The SMILES string of the molecule is CNC(=O)c1cc(Oc2cc3nc(Nc4cccnc4)n(C)c3cc2OC)ccn1. The van der Waals surface area contributed by atoms with E-state index in [1.165, 1.54) is 6.20 Å². The lowest BCUT2D eigenvalue weighted by Crippen LogP contribution is -2.18. The number of aromatic nitrogens is 4. The molecule has 0 saturated carbocycles. The smallest absolute Gasteiger partial charge is 0.269 e. The molecule has 0 bridgehead atoms. The van der Waals surface area contributed by atoms with E-state index in [1.54, 1.807) is 44.8 Å². The van der Waals surface area contributed by atoms with Crippen molar-refractivity contribution in [3.8, 4) is 17.2 Å². The maximum atomic E-state index is 11.8. The van der Waals surface area contributed by atoms with Crippen molar-refractivity contribution >= 4 is 28.6 Å². The molecule has 9 heteroatoms. The molecule has 0 spiro atoms. The Morgan fingerprint density at radius 2 is 2.00 bits per heavy atom. The molecular weight excluding hydrogens is 384 g/mol. The summed E-state index contributed by atoms with van der Waals surface area (Å²) in [6, 6.07) is 10.6. The average Bonchev–Trinajstić information content (AvgIpc) is 3.07. The van der Waals surface area contributed by atoms with Gasteiger partial charge in [-0.25, -0.2) is 4.98 Å². The fourth-order valence-corrected chi connectivity index (χ4v) is 2.97. The number of aryl methyl sites for hydroxylation is 1. The van der Waals surface area contributed by atoms with Gasteiger partial charge in [-0.3, -0.25) is 14.8 Å². The quantitative estimate of drug-likeness (QED) is 0.508. The van der Waals surface area contributed by atoms with Gasteiger partial charge in [-0.15, -0.1) is 0 Å². The Bertz CT molecular complexity index is 1210. The zero-order valence-electron chi connectivity index (χ0n) is 16.7. The third-order valence-corrected chi connectivity index (χ3v) is 4.50. The first-order valence-electron chi connectivity index (χ1n) is 9.16. The number of hydrogen-bond acceptors (Lipinski definition) is 7. The fourth-order valence-electron chi connectivity index (χ4n) is 2.97. The van der Waals surface area contributed by atoms with Crippen molar-refractivity contribution in [3.05, 3.63) is 60.7 Å². The topological polar surface area (TPSA) is 103 Å². The highest BCUT2D eigenvalue weighted by atomic mass is 16.5. The number of anilines is 2. The largest absolute Gasteiger partial charge is 0.493 e. The van der Waals surface area contributed by atoms with E-state index in [2.05, 4.69) is 25.6 Å². The summed E-state index contributed by atoms with van der Waals surface area (Å²) >= 11 is 0. The molecule has 4 aromatic rings. The van der Waals surface area contributed by atoms with E-state index in [1.807, 2.05) is 29.8 Å². The van der Waals surface area contributed by atoms with Crippen LogP contribution < -0.4 is 20.1 Å². The van der Waals surface area contributed by atoms with E-state index in [0.717, 1.165) is 16.7 Å². The van der Waals surface area contributed by atoms with Gasteiger partial charge in [-0.05, 0) is 18.2 Å². The molecule has 0 aliphatic carbocycles. The Balaban J connectivity index is 1.69. The number of methoxy groups -OCH3 is 1. The highest BCUT2D eigenvalue weighted by molar-refractivity contribution is 5.92. The molecule has 0 aliphatic rings. The molecule has 3 heterocycles. The van der Waals surface area contributed by atoms with E-state index in [0.29, 0.717) is 23.2 Å². The zero-order chi connectivity index (χ0) is 21.1. The molecule has 1 amide bonds. The van der Waals surface area contributed by atoms with Gasteiger partial charge in [0.1, 0.15) is 11.4 Å². The summed E-state index contributed by atoms with van der Waals surface area (Å²) in [5, 5.41) is 5.79. The van der Waals surface area contributed by atoms with Crippen molar-refractivity contribution in [2.24, 2.45) is 7.05 Å². The van der Waals surface area contributed by atoms with E-state index in [4.69, 9.17) is 9.47 Å². The van der Waals surface area contributed by atoms with Crippen molar-refractivity contribution < 1.29 is 14.3 Å². The molecule has 0 unspecified atom stereocenters. The number of ether oxygens (including phenoxy) is 2. The van der Waals surface area contributed by atoms with Crippen molar-refractivity contribution in [2.75, 3.05) is 19.5 Å². The Kier molecular flexibility index (Phi) is 5.17. The highest BCUT2D eigenvalue weighted by Crippen LogP contribution is 2.36. The molecule has 30 heavy (non-hydrogen) atoms. The van der Waals surface area contributed by atoms with Crippen LogP contribution in [-0.2, 0) is 7.05 Å². The maximum absolute atomic E-state index is 11.8. The molecular formula is C21H20N6O3. The molecule has 1 aromatic carbocycles. The van der Waals surface area contributed by atoms with Crippen LogP contribution >= 0.6 is 0 Å². The van der Waals surface area contributed by atoms with Gasteiger partial charge in [0.05, 0.1) is 30.0 Å². The molecule has 0 saturated heterocycles. The second-order valence-corrected chi connectivity index (χ2v) is 6.41. The van der Waals surface area contributed by atoms with E-state index in [-0.39, 0.29) is 11.6 Å². The Hall–Kier alpha value is -4.14. The van der Waals surface area contributed by atoms with Crippen molar-refractivity contribution in [1.82, 2.24) is 24.8 Å². The summed E-state index contributed by atoms with van der Waals surface area (Å²) in [6.45, 7) is 0. The summed E-state index contributed by atoms with van der Waals surface area (Å²) in [4.78, 5) is 24.6. The summed E-state index contributed by atoms with van der Waals surface area (Å²) in [5.41, 5.74) is 2.68. The van der Waals surface area contributed by atoms with Gasteiger partial charge >= 0.3 is 0 Å². The predicted octanol–water partition coefficient (Wildman–Crippen LogP) is 3.27. The number of imidazole rings is 1. The maximum Gasteiger partial charge on any atom is 0.269 e. The van der Waals surface area contributed by atoms with Gasteiger partial charge in [0.25, 0.3) is 5.91 Å². The molecule has 0 atom stereocenters. The molecule has 2 N–H and O–H groups in total. The van der Waals surface area contributed by atoms with Crippen molar-refractivity contribution in [2.45, 2.75) is 0 Å².